The van der Waals surface area contributed by atoms with Crippen molar-refractivity contribution in [2.75, 3.05) is 0 Å². The summed E-state index contributed by atoms with van der Waals surface area (Å²) in [6.45, 7) is 0. The lowest BCUT2D eigenvalue weighted by Crippen LogP contribution is -2.06. The molecule has 0 atom stereocenters. The normalized spacial score (nSPS) is 12.2. The maximum atomic E-state index is 12.2. The van der Waals surface area contributed by atoms with Crippen LogP contribution in [0.5, 0.6) is 0 Å². The number of nitrogens with zero attached hydrogens (tertiary/aromatic N) is 2. The number of pyridine rings is 1. The third kappa shape index (κ3) is 1.45. The standard InChI is InChI=1S/C7H5BF3N3/c8-3-1-4-5(12-2-3)14-6(13-4)7(9,10)11/h1-2H,8H2,(H,12,13,14). The number of fused-ring (bicyclic) bond motifs is 1. The average Bonchev–Trinajstić information content (AvgIpc) is 2.45. The van der Waals surface area contributed by atoms with Crippen molar-refractivity contribution in [3.05, 3.63) is 18.1 Å². The first-order valence-corrected chi connectivity index (χ1v) is 3.86. The van der Waals surface area contributed by atoms with Gasteiger partial charge in [-0.25, -0.2) is 9.97 Å². The van der Waals surface area contributed by atoms with E-state index in [0.717, 1.165) is 5.46 Å². The Morgan fingerprint density at radius 2 is 2.07 bits per heavy atom. The summed E-state index contributed by atoms with van der Waals surface area (Å²) in [4.78, 5) is 9.28. The van der Waals surface area contributed by atoms with E-state index in [1.54, 1.807) is 13.9 Å². The van der Waals surface area contributed by atoms with Gasteiger partial charge in [0.25, 0.3) is 0 Å². The van der Waals surface area contributed by atoms with E-state index in [9.17, 15) is 13.2 Å². The summed E-state index contributed by atoms with van der Waals surface area (Å²) in [6, 6.07) is 1.57. The van der Waals surface area contributed by atoms with Crippen molar-refractivity contribution in [1.82, 2.24) is 15.0 Å². The molecule has 1 N–H and O–H groups in total. The maximum Gasteiger partial charge on any atom is 0.449 e. The fraction of sp³-hybridized carbons (Fsp3) is 0.143. The Morgan fingerprint density at radius 1 is 1.36 bits per heavy atom. The van der Waals surface area contributed by atoms with Crippen LogP contribution in [0.2, 0.25) is 0 Å². The molecule has 0 amide bonds. The zero-order chi connectivity index (χ0) is 10.3. The molecular weight excluding hydrogens is 194 g/mol. The molecular formula is C7H5BF3N3. The summed E-state index contributed by atoms with van der Waals surface area (Å²) in [5.41, 5.74) is 1.18. The van der Waals surface area contributed by atoms with Gasteiger partial charge in [-0.15, -0.1) is 0 Å². The largest absolute Gasteiger partial charge is 0.449 e. The number of hydrogen-bond donors (Lipinski definition) is 1. The van der Waals surface area contributed by atoms with E-state index in [4.69, 9.17) is 0 Å². The molecule has 14 heavy (non-hydrogen) atoms. The van der Waals surface area contributed by atoms with Crippen molar-refractivity contribution >= 4 is 24.5 Å². The average molecular weight is 199 g/mol. The van der Waals surface area contributed by atoms with Crippen LogP contribution in [0.1, 0.15) is 5.82 Å². The molecule has 0 aliphatic heterocycles. The predicted octanol–water partition coefficient (Wildman–Crippen LogP) is 0.235. The van der Waals surface area contributed by atoms with Crippen LogP contribution in [0.4, 0.5) is 13.2 Å². The number of aromatic nitrogens is 3. The summed E-state index contributed by atoms with van der Waals surface area (Å²) in [5, 5.41) is 0. The molecule has 0 radical (unpaired) electrons. The summed E-state index contributed by atoms with van der Waals surface area (Å²) in [5.74, 6) is -1.01. The number of aromatic amines is 1. The van der Waals surface area contributed by atoms with Crippen LogP contribution in [-0.2, 0) is 6.18 Å². The molecule has 2 rings (SSSR count). The van der Waals surface area contributed by atoms with Gasteiger partial charge in [0, 0.05) is 6.20 Å². The van der Waals surface area contributed by atoms with Crippen molar-refractivity contribution in [2.45, 2.75) is 6.18 Å². The Balaban J connectivity index is 2.63. The molecule has 0 bridgehead atoms. The first-order chi connectivity index (χ1) is 6.47. The highest BCUT2D eigenvalue weighted by Gasteiger charge is 2.34. The van der Waals surface area contributed by atoms with E-state index in [0.29, 0.717) is 5.52 Å². The topological polar surface area (TPSA) is 41.6 Å². The molecule has 0 aliphatic carbocycles. The molecule has 0 aromatic carbocycles. The van der Waals surface area contributed by atoms with E-state index in [-0.39, 0.29) is 5.65 Å². The van der Waals surface area contributed by atoms with Gasteiger partial charge in [-0.3, -0.25) is 0 Å². The maximum absolute atomic E-state index is 12.2. The Hall–Kier alpha value is -1.53. The van der Waals surface area contributed by atoms with Crippen molar-refractivity contribution in [2.24, 2.45) is 0 Å². The molecule has 0 unspecified atom stereocenters. The highest BCUT2D eigenvalue weighted by atomic mass is 19.4. The fourth-order valence-electron chi connectivity index (χ4n) is 1.14. The van der Waals surface area contributed by atoms with Gasteiger partial charge in [0.2, 0.25) is 5.82 Å². The van der Waals surface area contributed by atoms with Crippen LogP contribution in [0.15, 0.2) is 12.3 Å². The third-order valence-corrected chi connectivity index (χ3v) is 1.74. The van der Waals surface area contributed by atoms with Crippen molar-refractivity contribution < 1.29 is 13.2 Å². The number of halogens is 3. The molecule has 0 aliphatic rings. The van der Waals surface area contributed by atoms with Gasteiger partial charge >= 0.3 is 6.18 Å². The zero-order valence-corrected chi connectivity index (χ0v) is 7.18. The van der Waals surface area contributed by atoms with Gasteiger partial charge in [-0.2, -0.15) is 13.2 Å². The van der Waals surface area contributed by atoms with E-state index >= 15 is 0 Å². The molecule has 0 fully saturated rings. The SMILES string of the molecule is Bc1cnc2nc(C(F)(F)F)[nH]c2c1. The predicted molar refractivity (Wildman–Crippen MR) is 47.1 cm³/mol. The summed E-state index contributed by atoms with van der Waals surface area (Å²) in [7, 11) is 1.75. The quantitative estimate of drug-likeness (QED) is 0.617. The number of rotatable bonds is 0. The second-order valence-electron chi connectivity index (χ2n) is 2.97. The number of imidazole rings is 1. The molecule has 72 valence electrons. The van der Waals surface area contributed by atoms with Gasteiger partial charge in [-0.05, 0) is 6.07 Å². The number of hydrogen-bond acceptors (Lipinski definition) is 2. The first kappa shape index (κ1) is 9.05. The third-order valence-electron chi connectivity index (χ3n) is 1.74. The van der Waals surface area contributed by atoms with Crippen LogP contribution >= 0.6 is 0 Å². The van der Waals surface area contributed by atoms with Gasteiger partial charge in [0.1, 0.15) is 7.85 Å². The smallest absolute Gasteiger partial charge is 0.333 e. The fourth-order valence-corrected chi connectivity index (χ4v) is 1.14. The van der Waals surface area contributed by atoms with Crippen molar-refractivity contribution in [1.29, 1.82) is 0 Å². The van der Waals surface area contributed by atoms with Crippen LogP contribution < -0.4 is 5.46 Å². The van der Waals surface area contributed by atoms with E-state index in [1.807, 2.05) is 0 Å². The number of nitrogens with one attached hydrogen (secondary N) is 1. The zero-order valence-electron chi connectivity index (χ0n) is 7.18. The molecule has 2 aromatic heterocycles. The van der Waals surface area contributed by atoms with Gasteiger partial charge < -0.3 is 4.98 Å². The Labute approximate surface area is 77.8 Å². The molecule has 7 heteroatoms. The second-order valence-corrected chi connectivity index (χ2v) is 2.97. The Kier molecular flexibility index (Phi) is 1.76. The van der Waals surface area contributed by atoms with Crippen LogP contribution in [0, 0.1) is 0 Å². The van der Waals surface area contributed by atoms with Crippen molar-refractivity contribution in [3.63, 3.8) is 0 Å². The lowest BCUT2D eigenvalue weighted by Gasteiger charge is -1.98. The highest BCUT2D eigenvalue weighted by molar-refractivity contribution is 6.32. The Bertz CT molecular complexity index is 476. The summed E-state index contributed by atoms with van der Waals surface area (Å²) >= 11 is 0. The minimum atomic E-state index is -4.45. The molecule has 2 heterocycles. The van der Waals surface area contributed by atoms with E-state index in [1.165, 1.54) is 6.20 Å². The van der Waals surface area contributed by atoms with Gasteiger partial charge in [0.05, 0.1) is 5.52 Å². The molecule has 2 aromatic rings. The first-order valence-electron chi connectivity index (χ1n) is 3.86. The van der Waals surface area contributed by atoms with Crippen LogP contribution in [0.3, 0.4) is 0 Å². The number of alkyl halides is 3. The van der Waals surface area contributed by atoms with Gasteiger partial charge in [0.15, 0.2) is 5.65 Å². The molecule has 3 nitrogen and oxygen atoms in total. The number of H-pyrrole nitrogens is 1. The minimum absolute atomic E-state index is 0.0860. The van der Waals surface area contributed by atoms with E-state index in [2.05, 4.69) is 15.0 Å². The summed E-state index contributed by atoms with van der Waals surface area (Å²) in [6.07, 6.45) is -2.97. The minimum Gasteiger partial charge on any atom is -0.333 e. The lowest BCUT2D eigenvalue weighted by atomic mass is 9.99. The van der Waals surface area contributed by atoms with E-state index < -0.39 is 12.0 Å². The summed E-state index contributed by atoms with van der Waals surface area (Å²) < 4.78 is 36.6. The van der Waals surface area contributed by atoms with Crippen molar-refractivity contribution in [3.8, 4) is 0 Å². The monoisotopic (exact) mass is 199 g/mol. The molecule has 0 spiro atoms. The molecule has 0 saturated carbocycles. The lowest BCUT2D eigenvalue weighted by molar-refractivity contribution is -0.144. The van der Waals surface area contributed by atoms with Gasteiger partial charge in [-0.1, -0.05) is 5.46 Å². The highest BCUT2D eigenvalue weighted by Crippen LogP contribution is 2.27. The van der Waals surface area contributed by atoms with Crippen LogP contribution in [0.25, 0.3) is 11.2 Å². The second kappa shape index (κ2) is 2.73. The Morgan fingerprint density at radius 3 is 2.71 bits per heavy atom. The molecule has 0 saturated heterocycles. The van der Waals surface area contributed by atoms with Crippen LogP contribution in [-0.4, -0.2) is 22.8 Å².